The van der Waals surface area contributed by atoms with Gasteiger partial charge >= 0.3 is 0 Å². The Balaban J connectivity index is 2.10. The quantitative estimate of drug-likeness (QED) is 0.875. The van der Waals surface area contributed by atoms with Crippen molar-refractivity contribution in [2.24, 2.45) is 0 Å². The summed E-state index contributed by atoms with van der Waals surface area (Å²) >= 11 is 1.88. The first kappa shape index (κ1) is 11.9. The van der Waals surface area contributed by atoms with E-state index in [2.05, 4.69) is 5.32 Å². The van der Waals surface area contributed by atoms with Gasteiger partial charge < -0.3 is 5.32 Å². The lowest BCUT2D eigenvalue weighted by molar-refractivity contribution is 0.446. The summed E-state index contributed by atoms with van der Waals surface area (Å²) in [7, 11) is 0. The van der Waals surface area contributed by atoms with Gasteiger partial charge in [0.1, 0.15) is 11.6 Å². The Labute approximate surface area is 98.6 Å². The highest BCUT2D eigenvalue weighted by Gasteiger charge is 2.21. The van der Waals surface area contributed by atoms with Gasteiger partial charge in [-0.1, -0.05) is 6.07 Å². The average molecular weight is 243 g/mol. The number of thioether (sulfide) groups is 1. The Morgan fingerprint density at radius 2 is 2.06 bits per heavy atom. The molecule has 1 fully saturated rings. The second-order valence-electron chi connectivity index (χ2n) is 4.08. The summed E-state index contributed by atoms with van der Waals surface area (Å²) in [5.41, 5.74) is 0.152. The lowest BCUT2D eigenvalue weighted by atomic mass is 10.1. The van der Waals surface area contributed by atoms with Crippen LogP contribution < -0.4 is 5.32 Å². The summed E-state index contributed by atoms with van der Waals surface area (Å²) in [6.07, 6.45) is 1.07. The lowest BCUT2D eigenvalue weighted by Gasteiger charge is -2.20. The van der Waals surface area contributed by atoms with Crippen LogP contribution >= 0.6 is 11.8 Å². The molecule has 0 aliphatic carbocycles. The van der Waals surface area contributed by atoms with Gasteiger partial charge in [0.25, 0.3) is 0 Å². The van der Waals surface area contributed by atoms with Crippen molar-refractivity contribution in [1.29, 1.82) is 0 Å². The number of hydrogen-bond donors (Lipinski definition) is 1. The highest BCUT2D eigenvalue weighted by molar-refractivity contribution is 7.99. The van der Waals surface area contributed by atoms with Gasteiger partial charge in [0.05, 0.1) is 0 Å². The van der Waals surface area contributed by atoms with Crippen molar-refractivity contribution in [2.75, 3.05) is 11.5 Å². The summed E-state index contributed by atoms with van der Waals surface area (Å²) in [5.74, 6) is 1.22. The topological polar surface area (TPSA) is 12.0 Å². The molecule has 0 amide bonds. The Morgan fingerprint density at radius 1 is 1.38 bits per heavy atom. The number of benzene rings is 1. The molecule has 1 N–H and O–H groups in total. The zero-order valence-corrected chi connectivity index (χ0v) is 9.99. The van der Waals surface area contributed by atoms with Crippen LogP contribution in [0.15, 0.2) is 18.2 Å². The molecular weight excluding hydrogens is 228 g/mol. The maximum atomic E-state index is 13.5. The van der Waals surface area contributed by atoms with Crippen molar-refractivity contribution in [3.63, 3.8) is 0 Å². The van der Waals surface area contributed by atoms with Gasteiger partial charge in [-0.2, -0.15) is 11.8 Å². The van der Waals surface area contributed by atoms with E-state index in [0.29, 0.717) is 6.04 Å². The molecule has 0 radical (unpaired) electrons. The van der Waals surface area contributed by atoms with Gasteiger partial charge in [0, 0.05) is 23.4 Å². The Morgan fingerprint density at radius 3 is 2.62 bits per heavy atom. The maximum absolute atomic E-state index is 13.5. The molecule has 1 aliphatic rings. The molecule has 16 heavy (non-hydrogen) atoms. The summed E-state index contributed by atoms with van der Waals surface area (Å²) < 4.78 is 27.0. The van der Waals surface area contributed by atoms with E-state index in [4.69, 9.17) is 0 Å². The molecule has 2 atom stereocenters. The molecule has 1 aromatic carbocycles. The third-order valence-corrected chi connectivity index (χ3v) is 4.01. The number of nitrogens with one attached hydrogen (secondary N) is 1. The first-order chi connectivity index (χ1) is 7.68. The van der Waals surface area contributed by atoms with Crippen LogP contribution in [0.25, 0.3) is 0 Å². The Hall–Kier alpha value is -0.610. The van der Waals surface area contributed by atoms with E-state index in [9.17, 15) is 8.78 Å². The van der Waals surface area contributed by atoms with E-state index in [1.165, 1.54) is 18.2 Å². The molecule has 2 rings (SSSR count). The Bertz CT molecular complexity index is 344. The first-order valence-electron chi connectivity index (χ1n) is 5.46. The summed E-state index contributed by atoms with van der Waals surface area (Å²) in [6.45, 7) is 1.81. The molecule has 2 unspecified atom stereocenters. The number of halogens is 2. The smallest absolute Gasteiger partial charge is 0.130 e. The van der Waals surface area contributed by atoms with Gasteiger partial charge in [-0.3, -0.25) is 0 Å². The van der Waals surface area contributed by atoms with E-state index in [1.54, 1.807) is 0 Å². The standard InChI is InChI=1S/C12H15F2NS/c1-8(15-9-5-6-16-7-9)12-10(13)3-2-4-11(12)14/h2-4,8-9,15H,5-7H2,1H3. The summed E-state index contributed by atoms with van der Waals surface area (Å²) in [5, 5.41) is 3.28. The van der Waals surface area contributed by atoms with Crippen molar-refractivity contribution >= 4 is 11.8 Å². The van der Waals surface area contributed by atoms with Gasteiger partial charge in [0.15, 0.2) is 0 Å². The minimum Gasteiger partial charge on any atom is -0.306 e. The zero-order chi connectivity index (χ0) is 11.5. The molecule has 1 heterocycles. The fraction of sp³-hybridized carbons (Fsp3) is 0.500. The Kier molecular flexibility index (Phi) is 3.82. The van der Waals surface area contributed by atoms with E-state index in [0.717, 1.165) is 17.9 Å². The summed E-state index contributed by atoms with van der Waals surface area (Å²) in [6, 6.07) is 4.11. The monoisotopic (exact) mass is 243 g/mol. The molecule has 1 aliphatic heterocycles. The molecule has 0 saturated carbocycles. The highest BCUT2D eigenvalue weighted by Crippen LogP contribution is 2.24. The van der Waals surface area contributed by atoms with Crippen LogP contribution in [0.3, 0.4) is 0 Å². The largest absolute Gasteiger partial charge is 0.306 e. The minimum atomic E-state index is -0.467. The fourth-order valence-corrected chi connectivity index (χ4v) is 3.19. The van der Waals surface area contributed by atoms with Crippen LogP contribution in [0.2, 0.25) is 0 Å². The van der Waals surface area contributed by atoms with Crippen molar-refractivity contribution in [2.45, 2.75) is 25.4 Å². The van der Waals surface area contributed by atoms with E-state index < -0.39 is 11.6 Å². The number of rotatable bonds is 3. The fourth-order valence-electron chi connectivity index (χ4n) is 2.03. The van der Waals surface area contributed by atoms with Crippen LogP contribution in [0.4, 0.5) is 8.78 Å². The molecular formula is C12H15F2NS. The molecule has 4 heteroatoms. The van der Waals surface area contributed by atoms with Gasteiger partial charge in [0.2, 0.25) is 0 Å². The van der Waals surface area contributed by atoms with E-state index in [-0.39, 0.29) is 11.6 Å². The predicted molar refractivity (Wildman–Crippen MR) is 63.6 cm³/mol. The van der Waals surface area contributed by atoms with Gasteiger partial charge in [-0.25, -0.2) is 8.78 Å². The van der Waals surface area contributed by atoms with Crippen LogP contribution in [0.5, 0.6) is 0 Å². The summed E-state index contributed by atoms with van der Waals surface area (Å²) in [4.78, 5) is 0. The first-order valence-corrected chi connectivity index (χ1v) is 6.61. The third kappa shape index (κ3) is 2.55. The van der Waals surface area contributed by atoms with Crippen LogP contribution in [0.1, 0.15) is 24.9 Å². The lowest BCUT2D eigenvalue weighted by Crippen LogP contribution is -2.32. The molecule has 1 saturated heterocycles. The minimum absolute atomic E-state index is 0.152. The van der Waals surface area contributed by atoms with Gasteiger partial charge in [-0.15, -0.1) is 0 Å². The average Bonchev–Trinajstić information content (AvgIpc) is 2.70. The SMILES string of the molecule is CC(NC1CCSC1)c1c(F)cccc1F. The number of hydrogen-bond acceptors (Lipinski definition) is 2. The molecule has 1 aromatic rings. The second kappa shape index (κ2) is 5.15. The molecule has 0 aromatic heterocycles. The van der Waals surface area contributed by atoms with Crippen molar-refractivity contribution < 1.29 is 8.78 Å². The van der Waals surface area contributed by atoms with Crippen molar-refractivity contribution in [3.05, 3.63) is 35.4 Å². The van der Waals surface area contributed by atoms with Crippen molar-refractivity contribution in [3.8, 4) is 0 Å². The highest BCUT2D eigenvalue weighted by atomic mass is 32.2. The zero-order valence-electron chi connectivity index (χ0n) is 9.17. The van der Waals surface area contributed by atoms with E-state index >= 15 is 0 Å². The van der Waals surface area contributed by atoms with Gasteiger partial charge in [-0.05, 0) is 31.2 Å². The predicted octanol–water partition coefficient (Wildman–Crippen LogP) is 3.12. The normalized spacial score (nSPS) is 22.3. The molecule has 0 spiro atoms. The molecule has 1 nitrogen and oxygen atoms in total. The molecule has 88 valence electrons. The van der Waals surface area contributed by atoms with Crippen LogP contribution in [-0.4, -0.2) is 17.5 Å². The third-order valence-electron chi connectivity index (χ3n) is 2.85. The van der Waals surface area contributed by atoms with Crippen LogP contribution in [0, 0.1) is 11.6 Å². The van der Waals surface area contributed by atoms with Crippen LogP contribution in [-0.2, 0) is 0 Å². The second-order valence-corrected chi connectivity index (χ2v) is 5.23. The van der Waals surface area contributed by atoms with E-state index in [1.807, 2.05) is 18.7 Å². The molecule has 0 bridgehead atoms. The van der Waals surface area contributed by atoms with Crippen molar-refractivity contribution in [1.82, 2.24) is 5.32 Å². The maximum Gasteiger partial charge on any atom is 0.130 e.